The number of rotatable bonds is 3. The molecule has 3 N–H and O–H groups in total. The van der Waals surface area contributed by atoms with Gasteiger partial charge in [0.25, 0.3) is 5.91 Å². The lowest BCUT2D eigenvalue weighted by atomic mass is 10.1. The summed E-state index contributed by atoms with van der Waals surface area (Å²) in [5, 5.41) is 2.85. The third-order valence-electron chi connectivity index (χ3n) is 3.32. The highest BCUT2D eigenvalue weighted by molar-refractivity contribution is 5.94. The highest BCUT2D eigenvalue weighted by atomic mass is 16.2. The van der Waals surface area contributed by atoms with Gasteiger partial charge in [-0.05, 0) is 24.1 Å². The lowest BCUT2D eigenvalue weighted by Crippen LogP contribution is -2.37. The molecular weight excluding hydrogens is 242 g/mol. The maximum atomic E-state index is 12.3. The Bertz CT molecular complexity index is 470. The van der Waals surface area contributed by atoms with Crippen LogP contribution in [0.3, 0.4) is 0 Å². The molecule has 0 saturated carbocycles. The summed E-state index contributed by atoms with van der Waals surface area (Å²) in [5.41, 5.74) is 7.20. The number of benzene rings is 1. The second-order valence-corrected chi connectivity index (χ2v) is 4.84. The number of carbonyl (C=O) groups is 2. The summed E-state index contributed by atoms with van der Waals surface area (Å²) in [7, 11) is 0. The third kappa shape index (κ3) is 3.32. The van der Waals surface area contributed by atoms with Gasteiger partial charge in [0.15, 0.2) is 0 Å². The van der Waals surface area contributed by atoms with Gasteiger partial charge in [-0.2, -0.15) is 0 Å². The number of likely N-dealkylation sites (tertiary alicyclic amines) is 1. The molecule has 5 heteroatoms. The largest absolute Gasteiger partial charge is 0.352 e. The molecule has 19 heavy (non-hydrogen) atoms. The van der Waals surface area contributed by atoms with Crippen LogP contribution in [0.4, 0.5) is 0 Å². The zero-order valence-electron chi connectivity index (χ0n) is 11.1. The van der Waals surface area contributed by atoms with E-state index in [0.29, 0.717) is 25.2 Å². The fourth-order valence-corrected chi connectivity index (χ4v) is 2.32. The topological polar surface area (TPSA) is 75.4 Å². The van der Waals surface area contributed by atoms with Crippen molar-refractivity contribution in [3.05, 3.63) is 35.4 Å². The molecule has 2 amide bonds. The number of carbonyl (C=O) groups excluding carboxylic acids is 2. The Kier molecular flexibility index (Phi) is 4.16. The first-order valence-electron chi connectivity index (χ1n) is 6.45. The molecule has 1 aromatic carbocycles. The molecule has 5 nitrogen and oxygen atoms in total. The van der Waals surface area contributed by atoms with Crippen molar-refractivity contribution in [2.75, 3.05) is 13.1 Å². The van der Waals surface area contributed by atoms with Crippen molar-refractivity contribution in [2.24, 2.45) is 5.73 Å². The third-order valence-corrected chi connectivity index (χ3v) is 3.32. The smallest absolute Gasteiger partial charge is 0.253 e. The summed E-state index contributed by atoms with van der Waals surface area (Å²) in [4.78, 5) is 25.0. The van der Waals surface area contributed by atoms with Gasteiger partial charge in [-0.15, -0.1) is 0 Å². The van der Waals surface area contributed by atoms with Crippen molar-refractivity contribution in [2.45, 2.75) is 25.9 Å². The molecule has 2 rings (SSSR count). The summed E-state index contributed by atoms with van der Waals surface area (Å²) >= 11 is 0. The first-order valence-corrected chi connectivity index (χ1v) is 6.45. The van der Waals surface area contributed by atoms with Crippen LogP contribution in [0.15, 0.2) is 24.3 Å². The van der Waals surface area contributed by atoms with Gasteiger partial charge in [-0.1, -0.05) is 12.1 Å². The van der Waals surface area contributed by atoms with Crippen LogP contribution < -0.4 is 11.1 Å². The van der Waals surface area contributed by atoms with Crippen LogP contribution in [0.25, 0.3) is 0 Å². The van der Waals surface area contributed by atoms with Gasteiger partial charge in [0.05, 0.1) is 0 Å². The van der Waals surface area contributed by atoms with Gasteiger partial charge < -0.3 is 16.0 Å². The molecule has 0 spiro atoms. The van der Waals surface area contributed by atoms with E-state index in [0.717, 1.165) is 12.0 Å². The van der Waals surface area contributed by atoms with Crippen molar-refractivity contribution < 1.29 is 9.59 Å². The molecule has 1 aliphatic rings. The van der Waals surface area contributed by atoms with Gasteiger partial charge in [0.2, 0.25) is 5.91 Å². The molecule has 1 fully saturated rings. The minimum atomic E-state index is -0.0494. The zero-order valence-corrected chi connectivity index (χ0v) is 11.1. The highest BCUT2D eigenvalue weighted by Gasteiger charge is 2.27. The molecule has 1 heterocycles. The maximum absolute atomic E-state index is 12.3. The van der Waals surface area contributed by atoms with Gasteiger partial charge >= 0.3 is 0 Å². The van der Waals surface area contributed by atoms with E-state index in [1.165, 1.54) is 6.92 Å². The lowest BCUT2D eigenvalue weighted by Gasteiger charge is -2.17. The van der Waals surface area contributed by atoms with E-state index >= 15 is 0 Å². The Morgan fingerprint density at radius 3 is 2.63 bits per heavy atom. The average Bonchev–Trinajstić information content (AvgIpc) is 2.85. The Balaban J connectivity index is 1.98. The number of amides is 2. The zero-order chi connectivity index (χ0) is 13.8. The molecule has 1 aliphatic heterocycles. The summed E-state index contributed by atoms with van der Waals surface area (Å²) in [6.07, 6.45) is 0.812. The quantitative estimate of drug-likeness (QED) is 0.831. The first-order chi connectivity index (χ1) is 9.10. The Morgan fingerprint density at radius 1 is 1.37 bits per heavy atom. The fourth-order valence-electron chi connectivity index (χ4n) is 2.32. The van der Waals surface area contributed by atoms with Crippen molar-refractivity contribution in [3.63, 3.8) is 0 Å². The first kappa shape index (κ1) is 13.5. The normalized spacial score (nSPS) is 18.4. The molecule has 102 valence electrons. The second kappa shape index (κ2) is 5.84. The molecule has 1 unspecified atom stereocenters. The lowest BCUT2D eigenvalue weighted by molar-refractivity contribution is -0.119. The molecule has 0 radical (unpaired) electrons. The van der Waals surface area contributed by atoms with E-state index < -0.39 is 0 Å². The van der Waals surface area contributed by atoms with Crippen molar-refractivity contribution in [3.8, 4) is 0 Å². The predicted molar refractivity (Wildman–Crippen MR) is 72.5 cm³/mol. The monoisotopic (exact) mass is 261 g/mol. The molecular formula is C14H19N3O2. The molecule has 1 aromatic rings. The van der Waals surface area contributed by atoms with Crippen LogP contribution in [-0.4, -0.2) is 35.8 Å². The second-order valence-electron chi connectivity index (χ2n) is 4.84. The van der Waals surface area contributed by atoms with Gasteiger partial charge in [-0.25, -0.2) is 0 Å². The van der Waals surface area contributed by atoms with E-state index in [1.807, 2.05) is 12.1 Å². The van der Waals surface area contributed by atoms with E-state index in [2.05, 4.69) is 5.32 Å². The number of nitrogens with two attached hydrogens (primary N) is 1. The summed E-state index contributed by atoms with van der Waals surface area (Å²) in [5.74, 6) is -0.0389. The van der Waals surface area contributed by atoms with Crippen LogP contribution in [-0.2, 0) is 11.3 Å². The number of hydrogen-bond acceptors (Lipinski definition) is 3. The van der Waals surface area contributed by atoms with Crippen LogP contribution in [0.2, 0.25) is 0 Å². The minimum Gasteiger partial charge on any atom is -0.352 e. The van der Waals surface area contributed by atoms with Crippen LogP contribution in [0.5, 0.6) is 0 Å². The summed E-state index contributed by atoms with van der Waals surface area (Å²) < 4.78 is 0. The molecule has 1 atom stereocenters. The van der Waals surface area contributed by atoms with Crippen molar-refractivity contribution in [1.82, 2.24) is 10.2 Å². The van der Waals surface area contributed by atoms with Gasteiger partial charge in [0.1, 0.15) is 0 Å². The fraction of sp³-hybridized carbons (Fsp3) is 0.429. The Hall–Kier alpha value is -1.88. The molecule has 1 saturated heterocycles. The Morgan fingerprint density at radius 2 is 2.05 bits per heavy atom. The Labute approximate surface area is 112 Å². The predicted octanol–water partition coefficient (Wildman–Crippen LogP) is 0.496. The summed E-state index contributed by atoms with van der Waals surface area (Å²) in [6.45, 7) is 3.23. The van der Waals surface area contributed by atoms with Gasteiger partial charge in [0, 0.05) is 38.2 Å². The van der Waals surface area contributed by atoms with Crippen LogP contribution >= 0.6 is 0 Å². The SMILES string of the molecule is CC(=O)NC1CCN(C(=O)c2ccc(CN)cc2)C1. The number of nitrogens with zero attached hydrogens (tertiary/aromatic N) is 1. The van der Waals surface area contributed by atoms with E-state index in [9.17, 15) is 9.59 Å². The van der Waals surface area contributed by atoms with E-state index in [4.69, 9.17) is 5.73 Å². The molecule has 0 aliphatic carbocycles. The van der Waals surface area contributed by atoms with Crippen LogP contribution in [0.1, 0.15) is 29.3 Å². The van der Waals surface area contributed by atoms with Crippen LogP contribution in [0, 0.1) is 0 Å². The van der Waals surface area contributed by atoms with E-state index in [1.54, 1.807) is 17.0 Å². The number of hydrogen-bond donors (Lipinski definition) is 2. The average molecular weight is 261 g/mol. The molecule has 0 aromatic heterocycles. The standard InChI is InChI=1S/C14H19N3O2/c1-10(18)16-13-6-7-17(9-13)14(19)12-4-2-11(8-15)3-5-12/h2-5,13H,6-9,15H2,1H3,(H,16,18). The molecule has 0 bridgehead atoms. The van der Waals surface area contributed by atoms with Gasteiger partial charge in [-0.3, -0.25) is 9.59 Å². The summed E-state index contributed by atoms with van der Waals surface area (Å²) in [6, 6.07) is 7.42. The van der Waals surface area contributed by atoms with Crippen molar-refractivity contribution >= 4 is 11.8 Å². The maximum Gasteiger partial charge on any atom is 0.253 e. The van der Waals surface area contributed by atoms with E-state index in [-0.39, 0.29) is 17.9 Å². The number of nitrogens with one attached hydrogen (secondary N) is 1. The minimum absolute atomic E-state index is 0.0106. The highest BCUT2D eigenvalue weighted by Crippen LogP contribution is 2.14. The van der Waals surface area contributed by atoms with Crippen molar-refractivity contribution in [1.29, 1.82) is 0 Å².